The van der Waals surface area contributed by atoms with Gasteiger partial charge in [0.1, 0.15) is 22.6 Å². The van der Waals surface area contributed by atoms with Crippen molar-refractivity contribution in [2.24, 2.45) is 0 Å². The number of pyridine rings is 1. The monoisotopic (exact) mass is 403 g/mol. The number of rotatable bonds is 4. The number of halogens is 2. The number of anilines is 1. The number of carbonyl (C=O) groups excluding carboxylic acids is 2. The van der Waals surface area contributed by atoms with Gasteiger partial charge in [0.2, 0.25) is 5.91 Å². The summed E-state index contributed by atoms with van der Waals surface area (Å²) >= 11 is 3.15. The van der Waals surface area contributed by atoms with Crippen molar-refractivity contribution in [2.75, 3.05) is 19.0 Å². The number of hydrogen-bond acceptors (Lipinski definition) is 5. The molecule has 8 nitrogen and oxygen atoms in total. The van der Waals surface area contributed by atoms with Crippen LogP contribution in [0.4, 0.5) is 15.0 Å². The Morgan fingerprint density at radius 1 is 1.50 bits per heavy atom. The molecule has 2 heterocycles. The minimum atomic E-state index is -1.40. The highest BCUT2D eigenvalue weighted by Crippen LogP contribution is 2.23. The van der Waals surface area contributed by atoms with Crippen LogP contribution in [-0.2, 0) is 20.7 Å². The number of carbonyl (C=O) groups is 3. The number of carboxylic acid groups (broad SMARTS) is 1. The maximum Gasteiger partial charge on any atom is 0.408 e. The molecule has 2 atom stereocenters. The van der Waals surface area contributed by atoms with E-state index in [-0.39, 0.29) is 25.2 Å². The van der Waals surface area contributed by atoms with Crippen LogP contribution >= 0.6 is 15.9 Å². The number of nitrogens with zero attached hydrogens (tertiary/aromatic N) is 2. The molecule has 0 unspecified atom stereocenters. The molecule has 0 radical (unpaired) electrons. The average Bonchev–Trinajstić information content (AvgIpc) is 2.92. The van der Waals surface area contributed by atoms with Gasteiger partial charge in [-0.2, -0.15) is 0 Å². The Balaban J connectivity index is 2.20. The second-order valence-electron chi connectivity index (χ2n) is 5.17. The maximum atomic E-state index is 13.5. The van der Waals surface area contributed by atoms with Gasteiger partial charge in [-0.1, -0.05) is 6.07 Å². The first kappa shape index (κ1) is 18.1. The molecule has 0 aromatic carbocycles. The zero-order chi connectivity index (χ0) is 17.9. The highest BCUT2D eigenvalue weighted by atomic mass is 79.9. The van der Waals surface area contributed by atoms with Crippen molar-refractivity contribution in [3.63, 3.8) is 0 Å². The van der Waals surface area contributed by atoms with E-state index < -0.39 is 30.2 Å². The Labute approximate surface area is 145 Å². The number of esters is 1. The summed E-state index contributed by atoms with van der Waals surface area (Å²) in [6.45, 7) is -0.353. The minimum Gasteiger partial charge on any atom is -0.469 e. The number of alkyl halides is 1. The summed E-state index contributed by atoms with van der Waals surface area (Å²) in [5.41, 5.74) is 0.398. The molecule has 0 spiro atoms. The summed E-state index contributed by atoms with van der Waals surface area (Å²) < 4.78 is 18.5. The largest absolute Gasteiger partial charge is 0.469 e. The lowest BCUT2D eigenvalue weighted by Crippen LogP contribution is -2.42. The fourth-order valence-corrected chi connectivity index (χ4v) is 2.70. The van der Waals surface area contributed by atoms with Crippen LogP contribution in [0.3, 0.4) is 0 Å². The van der Waals surface area contributed by atoms with Crippen molar-refractivity contribution >= 4 is 39.7 Å². The van der Waals surface area contributed by atoms with E-state index in [1.165, 1.54) is 7.11 Å². The predicted octanol–water partition coefficient (Wildman–Crippen LogP) is 1.59. The number of likely N-dealkylation sites (tertiary alicyclic amines) is 1. The van der Waals surface area contributed by atoms with Gasteiger partial charge in [-0.05, 0) is 22.0 Å². The third-order valence-corrected chi connectivity index (χ3v) is 3.99. The van der Waals surface area contributed by atoms with Crippen LogP contribution in [0.1, 0.15) is 12.0 Å². The molecule has 1 saturated heterocycles. The summed E-state index contributed by atoms with van der Waals surface area (Å²) in [5, 5.41) is 11.5. The SMILES string of the molecule is COC(=O)Cc1ccc(Br)nc1NC(=O)[C@@H]1C[C@@H](F)CN1C(=O)O. The van der Waals surface area contributed by atoms with E-state index in [1.807, 2.05) is 0 Å². The van der Waals surface area contributed by atoms with Gasteiger partial charge >= 0.3 is 12.1 Å². The summed E-state index contributed by atoms with van der Waals surface area (Å²) in [4.78, 5) is 39.7. The number of nitrogens with one attached hydrogen (secondary N) is 1. The Morgan fingerprint density at radius 3 is 2.83 bits per heavy atom. The van der Waals surface area contributed by atoms with Gasteiger partial charge in [0.05, 0.1) is 20.1 Å². The minimum absolute atomic E-state index is 0.0902. The molecule has 10 heteroatoms. The molecule has 1 aliphatic heterocycles. The van der Waals surface area contributed by atoms with Crippen LogP contribution in [-0.4, -0.2) is 58.8 Å². The molecule has 1 aromatic rings. The van der Waals surface area contributed by atoms with E-state index in [0.717, 1.165) is 4.90 Å². The van der Waals surface area contributed by atoms with E-state index in [2.05, 4.69) is 31.0 Å². The first-order valence-corrected chi connectivity index (χ1v) is 7.78. The van der Waals surface area contributed by atoms with Gasteiger partial charge < -0.3 is 15.2 Å². The van der Waals surface area contributed by atoms with Gasteiger partial charge in [-0.15, -0.1) is 0 Å². The number of hydrogen-bond donors (Lipinski definition) is 2. The van der Waals surface area contributed by atoms with Crippen molar-refractivity contribution < 1.29 is 28.6 Å². The van der Waals surface area contributed by atoms with Crippen molar-refractivity contribution in [2.45, 2.75) is 25.1 Å². The molecule has 130 valence electrons. The number of methoxy groups -OCH3 is 1. The molecule has 0 bridgehead atoms. The van der Waals surface area contributed by atoms with Gasteiger partial charge in [0.15, 0.2) is 0 Å². The van der Waals surface area contributed by atoms with E-state index in [0.29, 0.717) is 10.2 Å². The topological polar surface area (TPSA) is 109 Å². The fourth-order valence-electron chi connectivity index (χ4n) is 2.39. The highest BCUT2D eigenvalue weighted by Gasteiger charge is 2.40. The van der Waals surface area contributed by atoms with Crippen LogP contribution in [0.5, 0.6) is 0 Å². The number of amides is 2. The van der Waals surface area contributed by atoms with E-state index in [9.17, 15) is 18.8 Å². The molecule has 1 aromatic heterocycles. The molecule has 1 aliphatic rings. The van der Waals surface area contributed by atoms with Crippen LogP contribution in [0.25, 0.3) is 0 Å². The zero-order valence-corrected chi connectivity index (χ0v) is 14.2. The van der Waals surface area contributed by atoms with E-state index >= 15 is 0 Å². The lowest BCUT2D eigenvalue weighted by atomic mass is 10.1. The van der Waals surface area contributed by atoms with Crippen LogP contribution in [0, 0.1) is 0 Å². The van der Waals surface area contributed by atoms with Gasteiger partial charge in [0, 0.05) is 12.0 Å². The van der Waals surface area contributed by atoms with Crippen molar-refractivity contribution in [1.29, 1.82) is 0 Å². The maximum absolute atomic E-state index is 13.5. The molecular weight excluding hydrogens is 389 g/mol. The summed E-state index contributed by atoms with van der Waals surface area (Å²) in [7, 11) is 1.23. The second kappa shape index (κ2) is 7.56. The zero-order valence-electron chi connectivity index (χ0n) is 12.7. The first-order valence-electron chi connectivity index (χ1n) is 6.98. The van der Waals surface area contributed by atoms with Gasteiger partial charge in [-0.3, -0.25) is 14.5 Å². The Kier molecular flexibility index (Phi) is 5.71. The Bertz CT molecular complexity index is 672. The smallest absolute Gasteiger partial charge is 0.408 e. The highest BCUT2D eigenvalue weighted by molar-refractivity contribution is 9.10. The molecule has 0 aliphatic carbocycles. The van der Waals surface area contributed by atoms with Gasteiger partial charge in [-0.25, -0.2) is 14.2 Å². The van der Waals surface area contributed by atoms with E-state index in [4.69, 9.17) is 5.11 Å². The Hall–Kier alpha value is -2.23. The first-order chi connectivity index (χ1) is 11.3. The molecule has 2 rings (SSSR count). The molecule has 2 amide bonds. The van der Waals surface area contributed by atoms with Crippen LogP contribution < -0.4 is 5.32 Å². The average molecular weight is 404 g/mol. The predicted molar refractivity (Wildman–Crippen MR) is 84.3 cm³/mol. The van der Waals surface area contributed by atoms with Gasteiger partial charge in [0.25, 0.3) is 0 Å². The summed E-state index contributed by atoms with van der Waals surface area (Å²) in [5.74, 6) is -1.13. The molecule has 1 fully saturated rings. The second-order valence-corrected chi connectivity index (χ2v) is 5.98. The standard InChI is InChI=1S/C14H15BrFN3O5/c1-24-11(20)4-7-2-3-10(15)17-12(7)18-13(21)9-5-8(16)6-19(9)14(22)23/h2-3,8-9H,4-6H2,1H3,(H,22,23)(H,17,18,21)/t8-,9+/m1/s1. The molecule has 24 heavy (non-hydrogen) atoms. The fraction of sp³-hybridized carbons (Fsp3) is 0.429. The number of aromatic nitrogens is 1. The quantitative estimate of drug-likeness (QED) is 0.583. The van der Waals surface area contributed by atoms with Crippen molar-refractivity contribution in [1.82, 2.24) is 9.88 Å². The third-order valence-electron chi connectivity index (χ3n) is 3.55. The summed E-state index contributed by atoms with van der Waals surface area (Å²) in [6.07, 6.45) is -3.11. The van der Waals surface area contributed by atoms with Crippen LogP contribution in [0.2, 0.25) is 0 Å². The lowest BCUT2D eigenvalue weighted by molar-refractivity contribution is -0.139. The summed E-state index contributed by atoms with van der Waals surface area (Å²) in [6, 6.07) is 2.01. The normalized spacial score (nSPS) is 19.9. The molecule has 2 N–H and O–H groups in total. The van der Waals surface area contributed by atoms with Crippen LogP contribution in [0.15, 0.2) is 16.7 Å². The molecular formula is C14H15BrFN3O5. The number of ether oxygens (including phenoxy) is 1. The molecule has 0 saturated carbocycles. The lowest BCUT2D eigenvalue weighted by Gasteiger charge is -2.20. The van der Waals surface area contributed by atoms with Crippen molar-refractivity contribution in [3.05, 3.63) is 22.3 Å². The van der Waals surface area contributed by atoms with Crippen molar-refractivity contribution in [3.8, 4) is 0 Å². The van der Waals surface area contributed by atoms with E-state index in [1.54, 1.807) is 12.1 Å². The third kappa shape index (κ3) is 4.19. The Morgan fingerprint density at radius 2 is 2.21 bits per heavy atom.